The lowest BCUT2D eigenvalue weighted by atomic mass is 9.78. The van der Waals surface area contributed by atoms with Crippen molar-refractivity contribution < 1.29 is 18.9 Å². The minimum absolute atomic E-state index is 0.0218. The highest BCUT2D eigenvalue weighted by molar-refractivity contribution is 5.18. The number of nitrogens with one attached hydrogen (secondary N) is 1. The molecule has 0 radical (unpaired) electrons. The van der Waals surface area contributed by atoms with Gasteiger partial charge in [0.1, 0.15) is 11.7 Å². The Morgan fingerprint density at radius 3 is 2.67 bits per heavy atom. The quantitative estimate of drug-likeness (QED) is 0.844. The zero-order valence-electron chi connectivity index (χ0n) is 14.7. The number of aromatic amines is 1. The van der Waals surface area contributed by atoms with E-state index in [0.29, 0.717) is 13.2 Å². The fourth-order valence-electron chi connectivity index (χ4n) is 4.30. The molecule has 8 heteroatoms. The fraction of sp³-hybridized carbons (Fsp3) is 0.474. The number of rotatable bonds is 2. The monoisotopic (exact) mass is 372 g/mol. The van der Waals surface area contributed by atoms with Gasteiger partial charge in [-0.3, -0.25) is 14.3 Å². The van der Waals surface area contributed by atoms with Crippen LogP contribution in [0.25, 0.3) is 0 Å². The molecule has 2 aromatic rings. The molecule has 1 N–H and O–H groups in total. The molecule has 4 aliphatic rings. The number of aromatic nitrogens is 2. The molecule has 4 saturated heterocycles. The Morgan fingerprint density at radius 1 is 1.11 bits per heavy atom. The van der Waals surface area contributed by atoms with Crippen LogP contribution in [0.2, 0.25) is 0 Å². The minimum atomic E-state index is -0.792. The number of H-pyrrole nitrogens is 1. The summed E-state index contributed by atoms with van der Waals surface area (Å²) >= 11 is 0. The molecule has 0 saturated carbocycles. The summed E-state index contributed by atoms with van der Waals surface area (Å²) in [6.45, 7) is 2.66. The van der Waals surface area contributed by atoms with Crippen molar-refractivity contribution in [2.75, 3.05) is 13.2 Å². The Hall–Kier alpha value is -2.26. The van der Waals surface area contributed by atoms with Gasteiger partial charge in [0.15, 0.2) is 12.5 Å². The maximum atomic E-state index is 12.2. The first kappa shape index (κ1) is 16.9. The van der Waals surface area contributed by atoms with Crippen LogP contribution < -0.4 is 11.2 Å². The van der Waals surface area contributed by atoms with Gasteiger partial charge >= 0.3 is 5.69 Å². The summed E-state index contributed by atoms with van der Waals surface area (Å²) in [4.78, 5) is 25.9. The summed E-state index contributed by atoms with van der Waals surface area (Å²) in [6, 6.07) is 11.1. The van der Waals surface area contributed by atoms with Gasteiger partial charge in [0.25, 0.3) is 5.56 Å². The summed E-state index contributed by atoms with van der Waals surface area (Å²) in [5.74, 6) is -0.0218. The number of fused-ring (bicyclic) bond motifs is 2. The molecule has 4 fully saturated rings. The van der Waals surface area contributed by atoms with E-state index < -0.39 is 29.4 Å². The Kier molecular flexibility index (Phi) is 3.83. The van der Waals surface area contributed by atoms with E-state index in [9.17, 15) is 9.59 Å². The topological polar surface area (TPSA) is 91.8 Å². The van der Waals surface area contributed by atoms with E-state index in [1.807, 2.05) is 37.3 Å². The predicted molar refractivity (Wildman–Crippen MR) is 93.1 cm³/mol. The van der Waals surface area contributed by atoms with Gasteiger partial charge in [-0.05, 0) is 0 Å². The van der Waals surface area contributed by atoms with E-state index in [1.165, 1.54) is 16.8 Å². The summed E-state index contributed by atoms with van der Waals surface area (Å²) in [5.41, 5.74) is -0.809. The molecule has 1 aromatic heterocycles. The maximum absolute atomic E-state index is 12.2. The predicted octanol–water partition coefficient (Wildman–Crippen LogP) is 0.953. The molecule has 0 amide bonds. The third-order valence-electron chi connectivity index (χ3n) is 5.62. The van der Waals surface area contributed by atoms with Crippen molar-refractivity contribution in [3.63, 3.8) is 0 Å². The minimum Gasteiger partial charge on any atom is -0.370 e. The first-order valence-corrected chi connectivity index (χ1v) is 9.00. The molecule has 6 unspecified atom stereocenters. The van der Waals surface area contributed by atoms with Crippen LogP contribution in [0, 0.1) is 5.92 Å². The van der Waals surface area contributed by atoms with E-state index in [1.54, 1.807) is 0 Å². The second-order valence-corrected chi connectivity index (χ2v) is 7.34. The Labute approximate surface area is 154 Å². The molecule has 27 heavy (non-hydrogen) atoms. The van der Waals surface area contributed by atoms with Gasteiger partial charge < -0.3 is 18.9 Å². The second-order valence-electron chi connectivity index (χ2n) is 7.34. The van der Waals surface area contributed by atoms with Crippen LogP contribution in [0.5, 0.6) is 0 Å². The lowest BCUT2D eigenvalue weighted by Crippen LogP contribution is -2.71. The summed E-state index contributed by atoms with van der Waals surface area (Å²) in [5, 5.41) is 0. The van der Waals surface area contributed by atoms with Gasteiger partial charge in [-0.15, -0.1) is 0 Å². The van der Waals surface area contributed by atoms with E-state index in [2.05, 4.69) is 4.98 Å². The van der Waals surface area contributed by atoms with Crippen LogP contribution in [0.1, 0.15) is 25.0 Å². The molecule has 4 aliphatic heterocycles. The van der Waals surface area contributed by atoms with E-state index in [0.717, 1.165) is 5.56 Å². The molecule has 5 heterocycles. The van der Waals surface area contributed by atoms with Crippen molar-refractivity contribution in [3.8, 4) is 0 Å². The van der Waals surface area contributed by atoms with Gasteiger partial charge in [0, 0.05) is 23.7 Å². The van der Waals surface area contributed by atoms with E-state index >= 15 is 0 Å². The van der Waals surface area contributed by atoms with Gasteiger partial charge in [-0.2, -0.15) is 0 Å². The average Bonchev–Trinajstić information content (AvgIpc) is 2.68. The number of ether oxygens (including phenoxy) is 4. The van der Waals surface area contributed by atoms with Gasteiger partial charge in [0.05, 0.1) is 19.3 Å². The number of hydrogen-bond donors (Lipinski definition) is 1. The molecule has 6 atom stereocenters. The van der Waals surface area contributed by atoms with E-state index in [-0.39, 0.29) is 18.1 Å². The highest BCUT2D eigenvalue weighted by Crippen LogP contribution is 2.50. The molecular weight excluding hydrogens is 352 g/mol. The van der Waals surface area contributed by atoms with Crippen molar-refractivity contribution in [3.05, 3.63) is 69.0 Å². The number of hydrogen-bond acceptors (Lipinski definition) is 6. The lowest BCUT2D eigenvalue weighted by molar-refractivity contribution is -0.414. The highest BCUT2D eigenvalue weighted by atomic mass is 16.7. The van der Waals surface area contributed by atoms with Gasteiger partial charge in [-0.25, -0.2) is 4.79 Å². The normalized spacial score (nSPS) is 37.7. The van der Waals surface area contributed by atoms with Gasteiger partial charge in [0.2, 0.25) is 0 Å². The molecule has 6 rings (SSSR count). The first-order valence-electron chi connectivity index (χ1n) is 9.00. The third kappa shape index (κ3) is 2.60. The fourth-order valence-corrected chi connectivity index (χ4v) is 4.30. The second kappa shape index (κ2) is 6.13. The highest BCUT2D eigenvalue weighted by Gasteiger charge is 2.62. The van der Waals surface area contributed by atoms with Crippen LogP contribution in [-0.4, -0.2) is 40.6 Å². The standard InChI is InChI=1S/C19H20N2O6/c1-11-14-16(21-8-7-13(22)20-18(21)23)27-19(9-24-14)10-25-17(26-15(11)19)12-5-3-2-4-6-12/h2-8,11,14-17H,9-10H2,1H3,(H,20,22,23). The van der Waals surface area contributed by atoms with Crippen LogP contribution in [0.3, 0.4) is 0 Å². The van der Waals surface area contributed by atoms with Crippen molar-refractivity contribution in [2.45, 2.75) is 37.3 Å². The Balaban J connectivity index is 1.46. The molecule has 8 nitrogen and oxygen atoms in total. The summed E-state index contributed by atoms with van der Waals surface area (Å²) in [7, 11) is 0. The summed E-state index contributed by atoms with van der Waals surface area (Å²) in [6.07, 6.45) is -0.248. The van der Waals surface area contributed by atoms with Crippen LogP contribution in [0.15, 0.2) is 52.2 Å². The van der Waals surface area contributed by atoms with Crippen molar-refractivity contribution in [1.29, 1.82) is 0 Å². The zero-order chi connectivity index (χ0) is 18.6. The SMILES string of the molecule is CC1C2OCC3(COC(c4ccccc4)OC13)OC2n1ccc(=O)[nH]c1=O. The molecular formula is C19H20N2O6. The van der Waals surface area contributed by atoms with Crippen LogP contribution >= 0.6 is 0 Å². The Bertz CT molecular complexity index is 956. The Morgan fingerprint density at radius 2 is 1.89 bits per heavy atom. The average molecular weight is 372 g/mol. The zero-order valence-corrected chi connectivity index (χ0v) is 14.7. The van der Waals surface area contributed by atoms with Crippen LogP contribution in [0.4, 0.5) is 0 Å². The number of benzene rings is 1. The molecule has 142 valence electrons. The maximum Gasteiger partial charge on any atom is 0.330 e. The molecule has 0 aliphatic carbocycles. The largest absolute Gasteiger partial charge is 0.370 e. The molecule has 2 bridgehead atoms. The lowest BCUT2D eigenvalue weighted by Gasteiger charge is -2.59. The smallest absolute Gasteiger partial charge is 0.330 e. The van der Waals surface area contributed by atoms with E-state index in [4.69, 9.17) is 18.9 Å². The number of nitrogens with zero attached hydrogens (tertiary/aromatic N) is 1. The van der Waals surface area contributed by atoms with Crippen molar-refractivity contribution in [2.24, 2.45) is 5.92 Å². The first-order chi connectivity index (χ1) is 13.1. The molecule has 1 aromatic carbocycles. The van der Waals surface area contributed by atoms with Crippen LogP contribution in [-0.2, 0) is 18.9 Å². The van der Waals surface area contributed by atoms with Gasteiger partial charge in [-0.1, -0.05) is 37.3 Å². The van der Waals surface area contributed by atoms with Crippen molar-refractivity contribution in [1.82, 2.24) is 9.55 Å². The summed E-state index contributed by atoms with van der Waals surface area (Å²) < 4.78 is 25.9. The van der Waals surface area contributed by atoms with Crippen molar-refractivity contribution >= 4 is 0 Å². The molecule has 1 spiro atoms. The third-order valence-corrected chi connectivity index (χ3v) is 5.62.